The lowest BCUT2D eigenvalue weighted by molar-refractivity contribution is 0.0943. The Bertz CT molecular complexity index is 575. The number of anilines is 1. The largest absolute Gasteiger partial charge is 0.397 e. The van der Waals surface area contributed by atoms with Gasteiger partial charge in [0.25, 0.3) is 5.91 Å². The Morgan fingerprint density at radius 1 is 1.45 bits per heavy atom. The third-order valence-electron chi connectivity index (χ3n) is 3.05. The Morgan fingerprint density at radius 2 is 2.25 bits per heavy atom. The number of carbonyl (C=O) groups is 1. The molecule has 0 atom stereocenters. The van der Waals surface area contributed by atoms with Gasteiger partial charge < -0.3 is 15.6 Å². The fourth-order valence-corrected chi connectivity index (χ4v) is 2.05. The summed E-state index contributed by atoms with van der Waals surface area (Å²) in [4.78, 5) is 16.4. The SMILES string of the molecule is CC(C)n1cc(N)cc1C(=O)NCCc1ccccn1. The molecule has 5 heteroatoms. The minimum Gasteiger partial charge on any atom is -0.397 e. The van der Waals surface area contributed by atoms with Crippen LogP contribution in [0, 0.1) is 0 Å². The maximum absolute atomic E-state index is 12.2. The van der Waals surface area contributed by atoms with Gasteiger partial charge in [0, 0.05) is 37.1 Å². The van der Waals surface area contributed by atoms with Crippen LogP contribution in [0.25, 0.3) is 0 Å². The number of nitrogen functional groups attached to an aromatic ring is 1. The number of nitrogens with zero attached hydrogens (tertiary/aromatic N) is 2. The molecule has 3 N–H and O–H groups in total. The average molecular weight is 272 g/mol. The van der Waals surface area contributed by atoms with E-state index in [-0.39, 0.29) is 11.9 Å². The first-order valence-corrected chi connectivity index (χ1v) is 6.73. The number of rotatable bonds is 5. The third-order valence-corrected chi connectivity index (χ3v) is 3.05. The summed E-state index contributed by atoms with van der Waals surface area (Å²) in [5.41, 5.74) is 7.93. The minimum absolute atomic E-state index is 0.105. The van der Waals surface area contributed by atoms with Crippen LogP contribution in [0.5, 0.6) is 0 Å². The number of amides is 1. The molecule has 0 saturated heterocycles. The van der Waals surface area contributed by atoms with Crippen LogP contribution in [0.1, 0.15) is 36.1 Å². The van der Waals surface area contributed by atoms with Gasteiger partial charge in [0.2, 0.25) is 0 Å². The highest BCUT2D eigenvalue weighted by Crippen LogP contribution is 2.16. The van der Waals surface area contributed by atoms with Crippen molar-refractivity contribution < 1.29 is 4.79 Å². The number of hydrogen-bond acceptors (Lipinski definition) is 3. The fourth-order valence-electron chi connectivity index (χ4n) is 2.05. The second-order valence-corrected chi connectivity index (χ2v) is 4.99. The molecule has 0 saturated carbocycles. The summed E-state index contributed by atoms with van der Waals surface area (Å²) in [5.74, 6) is -0.105. The second-order valence-electron chi connectivity index (χ2n) is 4.99. The Balaban J connectivity index is 1.95. The average Bonchev–Trinajstić information content (AvgIpc) is 2.82. The van der Waals surface area contributed by atoms with Gasteiger partial charge in [-0.05, 0) is 32.0 Å². The van der Waals surface area contributed by atoms with Crippen molar-refractivity contribution >= 4 is 11.6 Å². The third kappa shape index (κ3) is 3.38. The first kappa shape index (κ1) is 14.1. The number of aromatic nitrogens is 2. The molecule has 0 unspecified atom stereocenters. The molecule has 2 rings (SSSR count). The van der Waals surface area contributed by atoms with Crippen LogP contribution in [0.15, 0.2) is 36.7 Å². The lowest BCUT2D eigenvalue weighted by Gasteiger charge is -2.12. The topological polar surface area (TPSA) is 72.9 Å². The van der Waals surface area contributed by atoms with Gasteiger partial charge >= 0.3 is 0 Å². The van der Waals surface area contributed by atoms with Crippen LogP contribution >= 0.6 is 0 Å². The standard InChI is InChI=1S/C15H20N4O/c1-11(2)19-10-12(16)9-14(19)15(20)18-8-6-13-5-3-4-7-17-13/h3-5,7,9-11H,6,8,16H2,1-2H3,(H,18,20). The summed E-state index contributed by atoms with van der Waals surface area (Å²) >= 11 is 0. The van der Waals surface area contributed by atoms with Crippen LogP contribution < -0.4 is 11.1 Å². The molecule has 0 fully saturated rings. The van der Waals surface area contributed by atoms with Crippen molar-refractivity contribution in [2.45, 2.75) is 26.3 Å². The molecule has 0 radical (unpaired) electrons. The van der Waals surface area contributed by atoms with Crippen molar-refractivity contribution in [3.8, 4) is 0 Å². The van der Waals surface area contributed by atoms with Crippen molar-refractivity contribution in [2.24, 2.45) is 0 Å². The van der Waals surface area contributed by atoms with Crippen LogP contribution in [-0.4, -0.2) is 22.0 Å². The predicted octanol–water partition coefficient (Wildman–Crippen LogP) is 2.02. The molecule has 1 amide bonds. The van der Waals surface area contributed by atoms with Crippen molar-refractivity contribution in [1.82, 2.24) is 14.9 Å². The summed E-state index contributed by atoms with van der Waals surface area (Å²) in [5, 5.41) is 2.90. The Morgan fingerprint density at radius 3 is 2.90 bits per heavy atom. The lowest BCUT2D eigenvalue weighted by atomic mass is 10.2. The van der Waals surface area contributed by atoms with Gasteiger partial charge in [-0.3, -0.25) is 9.78 Å². The number of pyridine rings is 1. The van der Waals surface area contributed by atoms with Crippen molar-refractivity contribution in [1.29, 1.82) is 0 Å². The molecular formula is C15H20N4O. The molecule has 0 aliphatic carbocycles. The van der Waals surface area contributed by atoms with Gasteiger partial charge in [-0.1, -0.05) is 6.07 Å². The quantitative estimate of drug-likeness (QED) is 0.874. The van der Waals surface area contributed by atoms with E-state index in [2.05, 4.69) is 10.3 Å². The highest BCUT2D eigenvalue weighted by atomic mass is 16.1. The van der Waals surface area contributed by atoms with E-state index in [1.807, 2.05) is 36.6 Å². The van der Waals surface area contributed by atoms with Crippen LogP contribution in [-0.2, 0) is 6.42 Å². The van der Waals surface area contributed by atoms with Gasteiger partial charge in [-0.15, -0.1) is 0 Å². The molecule has 2 aromatic heterocycles. The monoisotopic (exact) mass is 272 g/mol. The zero-order valence-corrected chi connectivity index (χ0v) is 11.8. The van der Waals surface area contributed by atoms with E-state index in [1.165, 1.54) is 0 Å². The van der Waals surface area contributed by atoms with Crippen molar-refractivity contribution in [3.05, 3.63) is 48.0 Å². The van der Waals surface area contributed by atoms with Crippen LogP contribution in [0.3, 0.4) is 0 Å². The number of carbonyl (C=O) groups excluding carboxylic acids is 1. The summed E-state index contributed by atoms with van der Waals surface area (Å²) in [7, 11) is 0. The highest BCUT2D eigenvalue weighted by Gasteiger charge is 2.14. The Kier molecular flexibility index (Phi) is 4.40. The van der Waals surface area contributed by atoms with Gasteiger partial charge in [-0.2, -0.15) is 0 Å². The maximum Gasteiger partial charge on any atom is 0.268 e. The van der Waals surface area contributed by atoms with E-state index in [9.17, 15) is 4.79 Å². The van der Waals surface area contributed by atoms with Crippen molar-refractivity contribution in [3.63, 3.8) is 0 Å². The summed E-state index contributed by atoms with van der Waals surface area (Å²) in [6, 6.07) is 7.66. The molecule has 0 aliphatic rings. The first-order valence-electron chi connectivity index (χ1n) is 6.73. The van der Waals surface area contributed by atoms with Gasteiger partial charge in [0.1, 0.15) is 5.69 Å². The Labute approximate surface area is 118 Å². The summed E-state index contributed by atoms with van der Waals surface area (Å²) < 4.78 is 1.88. The normalized spacial score (nSPS) is 10.8. The van der Waals surface area contributed by atoms with E-state index >= 15 is 0 Å². The summed E-state index contributed by atoms with van der Waals surface area (Å²) in [6.07, 6.45) is 4.25. The first-order chi connectivity index (χ1) is 9.58. The Hall–Kier alpha value is -2.30. The smallest absolute Gasteiger partial charge is 0.268 e. The fraction of sp³-hybridized carbons (Fsp3) is 0.333. The van der Waals surface area contributed by atoms with Gasteiger partial charge in [0.05, 0.1) is 5.69 Å². The molecular weight excluding hydrogens is 252 g/mol. The molecule has 0 bridgehead atoms. The molecule has 0 spiro atoms. The van der Waals surface area contributed by atoms with E-state index in [4.69, 9.17) is 5.73 Å². The predicted molar refractivity (Wildman–Crippen MR) is 79.5 cm³/mol. The van der Waals surface area contributed by atoms with Gasteiger partial charge in [0.15, 0.2) is 0 Å². The maximum atomic E-state index is 12.2. The van der Waals surface area contributed by atoms with E-state index in [0.717, 1.165) is 5.69 Å². The zero-order chi connectivity index (χ0) is 14.5. The number of nitrogens with two attached hydrogens (primary N) is 1. The highest BCUT2D eigenvalue weighted by molar-refractivity contribution is 5.93. The molecule has 0 aliphatic heterocycles. The lowest BCUT2D eigenvalue weighted by Crippen LogP contribution is -2.28. The number of hydrogen-bond donors (Lipinski definition) is 2. The molecule has 2 aromatic rings. The molecule has 2 heterocycles. The van der Waals surface area contributed by atoms with E-state index in [1.54, 1.807) is 18.5 Å². The van der Waals surface area contributed by atoms with E-state index < -0.39 is 0 Å². The molecule has 5 nitrogen and oxygen atoms in total. The second kappa shape index (κ2) is 6.23. The van der Waals surface area contributed by atoms with Gasteiger partial charge in [-0.25, -0.2) is 0 Å². The molecule has 20 heavy (non-hydrogen) atoms. The molecule has 0 aromatic carbocycles. The zero-order valence-electron chi connectivity index (χ0n) is 11.8. The molecule has 106 valence electrons. The minimum atomic E-state index is -0.105. The van der Waals surface area contributed by atoms with E-state index in [0.29, 0.717) is 24.3 Å². The summed E-state index contributed by atoms with van der Waals surface area (Å²) in [6.45, 7) is 4.59. The number of nitrogens with one attached hydrogen (secondary N) is 1. The van der Waals surface area contributed by atoms with Crippen molar-refractivity contribution in [2.75, 3.05) is 12.3 Å². The van der Waals surface area contributed by atoms with Crippen LogP contribution in [0.2, 0.25) is 0 Å². The van der Waals surface area contributed by atoms with Crippen LogP contribution in [0.4, 0.5) is 5.69 Å².